The molecule has 1 saturated heterocycles. The minimum atomic E-state index is -0.715. The Morgan fingerprint density at radius 2 is 1.59 bits per heavy atom. The first-order chi connectivity index (χ1) is 13.9. The van der Waals surface area contributed by atoms with Crippen LogP contribution in [0.5, 0.6) is 0 Å². The van der Waals surface area contributed by atoms with Crippen LogP contribution in [-0.4, -0.2) is 61.6 Å². The number of ether oxygens (including phenoxy) is 2. The molecule has 7 nitrogen and oxygen atoms in total. The van der Waals surface area contributed by atoms with Gasteiger partial charge in [0, 0.05) is 18.5 Å². The van der Waals surface area contributed by atoms with E-state index in [0.29, 0.717) is 44.1 Å². The van der Waals surface area contributed by atoms with Crippen molar-refractivity contribution in [1.29, 1.82) is 0 Å². The Morgan fingerprint density at radius 3 is 2.10 bits per heavy atom. The van der Waals surface area contributed by atoms with Gasteiger partial charge in [0.05, 0.1) is 13.2 Å². The van der Waals surface area contributed by atoms with Gasteiger partial charge in [0.25, 0.3) is 5.91 Å². The number of esters is 1. The van der Waals surface area contributed by atoms with E-state index in [1.165, 1.54) is 19.3 Å². The third kappa shape index (κ3) is 4.30. The molecule has 0 aromatic rings. The Labute approximate surface area is 172 Å². The zero-order chi connectivity index (χ0) is 20.6. The Hall–Kier alpha value is -1.63. The van der Waals surface area contributed by atoms with E-state index in [4.69, 9.17) is 9.47 Å². The zero-order valence-electron chi connectivity index (χ0n) is 17.7. The van der Waals surface area contributed by atoms with Gasteiger partial charge in [-0.1, -0.05) is 13.8 Å². The standard InChI is InChI=1S/C22H34N2O5/c1-14(2)19(20(26)29-13-18(25)24-3-5-28-6-4-24)23-21(27)22-10-15-7-16(11-22)9-17(8-15)12-22/h14-17,19H,3-13H2,1-2H3,(H,23,27)/t15?,16?,17?,19-,22?/m1/s1. The molecule has 4 bridgehead atoms. The number of nitrogens with one attached hydrogen (secondary N) is 1. The average Bonchev–Trinajstić information content (AvgIpc) is 2.69. The minimum Gasteiger partial charge on any atom is -0.454 e. The summed E-state index contributed by atoms with van der Waals surface area (Å²) in [4.78, 5) is 39.9. The van der Waals surface area contributed by atoms with Crippen LogP contribution >= 0.6 is 0 Å². The Morgan fingerprint density at radius 1 is 1.03 bits per heavy atom. The molecule has 5 fully saturated rings. The van der Waals surface area contributed by atoms with E-state index in [2.05, 4.69) is 5.32 Å². The smallest absolute Gasteiger partial charge is 0.329 e. The second kappa shape index (κ2) is 8.25. The molecule has 0 unspecified atom stereocenters. The van der Waals surface area contributed by atoms with Gasteiger partial charge in [-0.25, -0.2) is 4.79 Å². The molecule has 0 aromatic carbocycles. The largest absolute Gasteiger partial charge is 0.454 e. The molecule has 0 spiro atoms. The van der Waals surface area contributed by atoms with Crippen molar-refractivity contribution in [2.24, 2.45) is 29.1 Å². The highest BCUT2D eigenvalue weighted by Crippen LogP contribution is 2.60. The van der Waals surface area contributed by atoms with Crippen LogP contribution in [-0.2, 0) is 23.9 Å². The number of rotatable bonds is 6. The van der Waals surface area contributed by atoms with E-state index in [9.17, 15) is 14.4 Å². The molecule has 2 amide bonds. The van der Waals surface area contributed by atoms with Crippen molar-refractivity contribution in [3.8, 4) is 0 Å². The van der Waals surface area contributed by atoms with Crippen LogP contribution in [0, 0.1) is 29.1 Å². The van der Waals surface area contributed by atoms with Crippen LogP contribution in [0.4, 0.5) is 0 Å². The van der Waals surface area contributed by atoms with Gasteiger partial charge in [-0.05, 0) is 62.2 Å². The Bertz CT molecular complexity index is 620. The summed E-state index contributed by atoms with van der Waals surface area (Å²) < 4.78 is 10.6. The first kappa shape index (κ1) is 20.6. The highest BCUT2D eigenvalue weighted by Gasteiger charge is 2.55. The predicted octanol–water partition coefficient (Wildman–Crippen LogP) is 1.75. The lowest BCUT2D eigenvalue weighted by atomic mass is 9.49. The fourth-order valence-corrected chi connectivity index (χ4v) is 6.31. The summed E-state index contributed by atoms with van der Waals surface area (Å²) in [6.45, 7) is 5.57. The van der Waals surface area contributed by atoms with Gasteiger partial charge in [0.2, 0.25) is 5.91 Å². The number of amides is 2. The maximum absolute atomic E-state index is 13.3. The van der Waals surface area contributed by atoms with Crippen molar-refractivity contribution in [2.75, 3.05) is 32.9 Å². The number of carbonyl (C=O) groups is 3. The van der Waals surface area contributed by atoms with Crippen molar-refractivity contribution in [1.82, 2.24) is 10.2 Å². The summed E-state index contributed by atoms with van der Waals surface area (Å²) in [5.74, 6) is 1.20. The molecule has 5 rings (SSSR count). The summed E-state index contributed by atoms with van der Waals surface area (Å²) in [6, 6.07) is -0.715. The topological polar surface area (TPSA) is 84.9 Å². The number of nitrogens with zero attached hydrogens (tertiary/aromatic N) is 1. The van der Waals surface area contributed by atoms with Gasteiger partial charge in [-0.2, -0.15) is 0 Å². The number of hydrogen-bond acceptors (Lipinski definition) is 5. The van der Waals surface area contributed by atoms with Crippen molar-refractivity contribution >= 4 is 17.8 Å². The summed E-state index contributed by atoms with van der Waals surface area (Å²) in [6.07, 6.45) is 6.68. The molecule has 162 valence electrons. The summed E-state index contributed by atoms with van der Waals surface area (Å²) in [5, 5.41) is 3.02. The SMILES string of the molecule is CC(C)[C@@H](NC(=O)C12CC3CC(CC(C3)C1)C2)C(=O)OCC(=O)N1CCOCC1. The van der Waals surface area contributed by atoms with Gasteiger partial charge < -0.3 is 19.7 Å². The first-order valence-corrected chi connectivity index (χ1v) is 11.2. The monoisotopic (exact) mass is 406 g/mol. The molecule has 29 heavy (non-hydrogen) atoms. The second-order valence-corrected chi connectivity index (χ2v) is 9.99. The van der Waals surface area contributed by atoms with E-state index in [1.54, 1.807) is 4.90 Å². The van der Waals surface area contributed by atoms with Gasteiger partial charge >= 0.3 is 5.97 Å². The van der Waals surface area contributed by atoms with Crippen molar-refractivity contribution < 1.29 is 23.9 Å². The van der Waals surface area contributed by atoms with Crippen molar-refractivity contribution in [2.45, 2.75) is 58.4 Å². The first-order valence-electron chi connectivity index (χ1n) is 11.2. The van der Waals surface area contributed by atoms with Crippen LogP contribution in [0.25, 0.3) is 0 Å². The van der Waals surface area contributed by atoms with E-state index in [-0.39, 0.29) is 29.8 Å². The molecule has 0 radical (unpaired) electrons. The summed E-state index contributed by atoms with van der Waals surface area (Å²) in [5.41, 5.74) is -0.300. The Balaban J connectivity index is 1.34. The van der Waals surface area contributed by atoms with Crippen LogP contribution < -0.4 is 5.32 Å². The van der Waals surface area contributed by atoms with E-state index >= 15 is 0 Å². The number of hydrogen-bond donors (Lipinski definition) is 1. The fourth-order valence-electron chi connectivity index (χ4n) is 6.31. The van der Waals surface area contributed by atoms with Crippen LogP contribution in [0.15, 0.2) is 0 Å². The van der Waals surface area contributed by atoms with Crippen LogP contribution in [0.2, 0.25) is 0 Å². The lowest BCUT2D eigenvalue weighted by Crippen LogP contribution is -2.57. The normalized spacial score (nSPS) is 34.2. The number of carbonyl (C=O) groups excluding carboxylic acids is 3. The molecule has 1 aliphatic heterocycles. The van der Waals surface area contributed by atoms with Gasteiger partial charge in [0.1, 0.15) is 6.04 Å². The van der Waals surface area contributed by atoms with Gasteiger partial charge in [-0.15, -0.1) is 0 Å². The predicted molar refractivity (Wildman–Crippen MR) is 106 cm³/mol. The van der Waals surface area contributed by atoms with Gasteiger partial charge in [-0.3, -0.25) is 9.59 Å². The van der Waals surface area contributed by atoms with Crippen molar-refractivity contribution in [3.63, 3.8) is 0 Å². The maximum atomic E-state index is 13.3. The third-order valence-corrected chi connectivity index (χ3v) is 7.43. The molecule has 1 heterocycles. The van der Waals surface area contributed by atoms with Crippen LogP contribution in [0.1, 0.15) is 52.4 Å². The van der Waals surface area contributed by atoms with E-state index < -0.39 is 12.0 Å². The van der Waals surface area contributed by atoms with E-state index in [0.717, 1.165) is 19.3 Å². The fraction of sp³-hybridized carbons (Fsp3) is 0.864. The van der Waals surface area contributed by atoms with E-state index in [1.807, 2.05) is 13.8 Å². The summed E-state index contributed by atoms with van der Waals surface area (Å²) in [7, 11) is 0. The quantitative estimate of drug-likeness (QED) is 0.680. The molecule has 1 atom stereocenters. The van der Waals surface area contributed by atoms with Crippen molar-refractivity contribution in [3.05, 3.63) is 0 Å². The third-order valence-electron chi connectivity index (χ3n) is 7.43. The molecule has 7 heteroatoms. The molecular formula is C22H34N2O5. The molecule has 1 N–H and O–H groups in total. The maximum Gasteiger partial charge on any atom is 0.329 e. The minimum absolute atomic E-state index is 0.0201. The number of morpholine rings is 1. The highest BCUT2D eigenvalue weighted by atomic mass is 16.5. The van der Waals surface area contributed by atoms with Gasteiger partial charge in [0.15, 0.2) is 6.61 Å². The van der Waals surface area contributed by atoms with Crippen LogP contribution in [0.3, 0.4) is 0 Å². The lowest BCUT2D eigenvalue weighted by molar-refractivity contribution is -0.159. The Kier molecular flexibility index (Phi) is 5.87. The highest BCUT2D eigenvalue weighted by molar-refractivity contribution is 5.89. The zero-order valence-corrected chi connectivity index (χ0v) is 17.7. The summed E-state index contributed by atoms with van der Waals surface area (Å²) >= 11 is 0. The second-order valence-electron chi connectivity index (χ2n) is 9.99. The molecule has 5 aliphatic rings. The average molecular weight is 407 g/mol. The molecule has 0 aromatic heterocycles. The molecule has 4 aliphatic carbocycles. The molecular weight excluding hydrogens is 372 g/mol. The lowest BCUT2D eigenvalue weighted by Gasteiger charge is -2.55. The molecule has 4 saturated carbocycles.